The summed E-state index contributed by atoms with van der Waals surface area (Å²) < 4.78 is 13.0. The average molecular weight is 160 g/mol. The third-order valence-electron chi connectivity index (χ3n) is 2.09. The number of rotatable bonds is 2. The Kier molecular flexibility index (Phi) is 2.82. The second-order valence-corrected chi connectivity index (χ2v) is 2.80. The molecular formula is C7H13FN2O. The van der Waals surface area contributed by atoms with Gasteiger partial charge in [-0.2, -0.15) is 0 Å². The van der Waals surface area contributed by atoms with Gasteiger partial charge in [-0.1, -0.05) is 0 Å². The van der Waals surface area contributed by atoms with E-state index in [1.807, 2.05) is 0 Å². The van der Waals surface area contributed by atoms with Crippen molar-refractivity contribution in [3.8, 4) is 0 Å². The zero-order chi connectivity index (χ0) is 8.27. The molecule has 1 aliphatic heterocycles. The summed E-state index contributed by atoms with van der Waals surface area (Å²) in [7, 11) is 1.74. The second-order valence-electron chi connectivity index (χ2n) is 2.80. The van der Waals surface area contributed by atoms with Crippen LogP contribution in [0.4, 0.5) is 4.39 Å². The van der Waals surface area contributed by atoms with Crippen LogP contribution in [0.1, 0.15) is 6.42 Å². The number of carbonyl (C=O) groups excluding carboxylic acids is 1. The first-order valence-corrected chi connectivity index (χ1v) is 3.78. The van der Waals surface area contributed by atoms with E-state index in [0.29, 0.717) is 19.4 Å². The van der Waals surface area contributed by atoms with Crippen molar-refractivity contribution in [3.05, 3.63) is 0 Å². The zero-order valence-corrected chi connectivity index (χ0v) is 6.59. The topological polar surface area (TPSA) is 32.3 Å². The van der Waals surface area contributed by atoms with Gasteiger partial charge in [-0.3, -0.25) is 4.79 Å². The summed E-state index contributed by atoms with van der Waals surface area (Å²) in [6.45, 7) is 0.893. The number of piperidine rings is 1. The SMILES string of the molecule is CN[C@H]1CCN(C=O)CC1F. The van der Waals surface area contributed by atoms with E-state index in [4.69, 9.17) is 0 Å². The lowest BCUT2D eigenvalue weighted by Gasteiger charge is -2.31. The van der Waals surface area contributed by atoms with Gasteiger partial charge in [0, 0.05) is 12.6 Å². The van der Waals surface area contributed by atoms with Crippen LogP contribution < -0.4 is 5.32 Å². The van der Waals surface area contributed by atoms with Crippen LogP contribution in [0.5, 0.6) is 0 Å². The molecule has 2 atom stereocenters. The van der Waals surface area contributed by atoms with Crippen molar-refractivity contribution in [3.63, 3.8) is 0 Å². The number of carbonyl (C=O) groups is 1. The lowest BCUT2D eigenvalue weighted by atomic mass is 10.0. The molecule has 1 rings (SSSR count). The number of hydrogen-bond acceptors (Lipinski definition) is 2. The molecule has 1 unspecified atom stereocenters. The van der Waals surface area contributed by atoms with Crippen LogP contribution in [-0.4, -0.2) is 43.7 Å². The Morgan fingerprint density at radius 1 is 1.73 bits per heavy atom. The fraction of sp³-hybridized carbons (Fsp3) is 0.857. The van der Waals surface area contributed by atoms with Crippen LogP contribution in [0.15, 0.2) is 0 Å². The Bertz CT molecular complexity index is 142. The predicted octanol–water partition coefficient (Wildman–Crippen LogP) is -0.225. The molecule has 4 heteroatoms. The molecule has 1 amide bonds. The minimum atomic E-state index is -0.918. The molecule has 1 fully saturated rings. The molecule has 0 aliphatic carbocycles. The van der Waals surface area contributed by atoms with Crippen molar-refractivity contribution in [2.45, 2.75) is 18.6 Å². The van der Waals surface area contributed by atoms with E-state index in [1.165, 1.54) is 4.90 Å². The number of amides is 1. The first-order valence-electron chi connectivity index (χ1n) is 3.78. The van der Waals surface area contributed by atoms with Gasteiger partial charge in [0.25, 0.3) is 0 Å². The summed E-state index contributed by atoms with van der Waals surface area (Å²) in [6, 6.07) is -0.0776. The van der Waals surface area contributed by atoms with Gasteiger partial charge >= 0.3 is 0 Å². The molecule has 0 aromatic rings. The van der Waals surface area contributed by atoms with E-state index in [2.05, 4.69) is 5.32 Å². The van der Waals surface area contributed by atoms with Crippen molar-refractivity contribution < 1.29 is 9.18 Å². The highest BCUT2D eigenvalue weighted by Gasteiger charge is 2.26. The van der Waals surface area contributed by atoms with Crippen LogP contribution in [0.25, 0.3) is 0 Å². The summed E-state index contributed by atoms with van der Waals surface area (Å²) >= 11 is 0. The molecule has 1 heterocycles. The van der Waals surface area contributed by atoms with Gasteiger partial charge in [0.1, 0.15) is 6.17 Å². The van der Waals surface area contributed by atoms with E-state index in [1.54, 1.807) is 7.05 Å². The van der Waals surface area contributed by atoms with Crippen LogP contribution in [0.3, 0.4) is 0 Å². The molecule has 1 saturated heterocycles. The highest BCUT2D eigenvalue weighted by Crippen LogP contribution is 2.11. The molecule has 11 heavy (non-hydrogen) atoms. The standard InChI is InChI=1S/C7H13FN2O/c1-9-7-2-3-10(5-11)4-6(7)8/h5-7,9H,2-4H2,1H3/t6?,7-/m0/s1. The molecule has 64 valence electrons. The summed E-state index contributed by atoms with van der Waals surface area (Å²) in [4.78, 5) is 11.7. The maximum Gasteiger partial charge on any atom is 0.209 e. The smallest absolute Gasteiger partial charge is 0.209 e. The number of halogens is 1. The lowest BCUT2D eigenvalue weighted by molar-refractivity contribution is -0.120. The number of alkyl halides is 1. The Morgan fingerprint density at radius 3 is 2.91 bits per heavy atom. The van der Waals surface area contributed by atoms with Crippen molar-refractivity contribution in [1.29, 1.82) is 0 Å². The highest BCUT2D eigenvalue weighted by molar-refractivity contribution is 5.47. The molecule has 1 aliphatic rings. The minimum absolute atomic E-state index is 0.0776. The number of likely N-dealkylation sites (tertiary alicyclic amines) is 1. The fourth-order valence-electron chi connectivity index (χ4n) is 1.35. The molecule has 0 spiro atoms. The maximum absolute atomic E-state index is 13.0. The summed E-state index contributed by atoms with van der Waals surface area (Å²) in [5.41, 5.74) is 0. The van der Waals surface area contributed by atoms with E-state index in [-0.39, 0.29) is 12.6 Å². The number of nitrogens with one attached hydrogen (secondary N) is 1. The van der Waals surface area contributed by atoms with Gasteiger partial charge in [-0.05, 0) is 13.5 Å². The summed E-state index contributed by atoms with van der Waals surface area (Å²) in [6.07, 6.45) is 0.494. The Balaban J connectivity index is 2.40. The predicted molar refractivity (Wildman–Crippen MR) is 40.0 cm³/mol. The summed E-state index contributed by atoms with van der Waals surface area (Å²) in [5.74, 6) is 0. The molecule has 0 aromatic heterocycles. The van der Waals surface area contributed by atoms with Crippen molar-refractivity contribution >= 4 is 6.41 Å². The van der Waals surface area contributed by atoms with Crippen LogP contribution in [-0.2, 0) is 4.79 Å². The number of hydrogen-bond donors (Lipinski definition) is 1. The van der Waals surface area contributed by atoms with Crippen LogP contribution >= 0.6 is 0 Å². The first kappa shape index (κ1) is 8.46. The molecule has 1 N–H and O–H groups in total. The van der Waals surface area contributed by atoms with E-state index in [0.717, 1.165) is 0 Å². The van der Waals surface area contributed by atoms with Crippen LogP contribution in [0, 0.1) is 0 Å². The van der Waals surface area contributed by atoms with Gasteiger partial charge in [0.05, 0.1) is 6.54 Å². The Labute approximate surface area is 65.6 Å². The van der Waals surface area contributed by atoms with Crippen molar-refractivity contribution in [2.75, 3.05) is 20.1 Å². The highest BCUT2D eigenvalue weighted by atomic mass is 19.1. The van der Waals surface area contributed by atoms with Gasteiger partial charge in [-0.25, -0.2) is 4.39 Å². The lowest BCUT2D eigenvalue weighted by Crippen LogP contribution is -2.49. The molecule has 0 radical (unpaired) electrons. The molecule has 0 saturated carbocycles. The van der Waals surface area contributed by atoms with E-state index >= 15 is 0 Å². The van der Waals surface area contributed by atoms with Crippen molar-refractivity contribution in [1.82, 2.24) is 10.2 Å². The quantitative estimate of drug-likeness (QED) is 0.566. The molecular weight excluding hydrogens is 147 g/mol. The zero-order valence-electron chi connectivity index (χ0n) is 6.59. The third kappa shape index (κ3) is 1.89. The van der Waals surface area contributed by atoms with Gasteiger partial charge < -0.3 is 10.2 Å². The van der Waals surface area contributed by atoms with Gasteiger partial charge in [-0.15, -0.1) is 0 Å². The maximum atomic E-state index is 13.0. The minimum Gasteiger partial charge on any atom is -0.342 e. The van der Waals surface area contributed by atoms with Gasteiger partial charge in [0.2, 0.25) is 6.41 Å². The monoisotopic (exact) mass is 160 g/mol. The summed E-state index contributed by atoms with van der Waals surface area (Å²) in [5, 5.41) is 2.88. The normalized spacial score (nSPS) is 32.0. The largest absolute Gasteiger partial charge is 0.342 e. The number of nitrogens with zero attached hydrogens (tertiary/aromatic N) is 1. The molecule has 0 bridgehead atoms. The van der Waals surface area contributed by atoms with E-state index in [9.17, 15) is 9.18 Å². The van der Waals surface area contributed by atoms with Crippen molar-refractivity contribution in [2.24, 2.45) is 0 Å². The average Bonchev–Trinajstić information content (AvgIpc) is 2.04. The molecule has 3 nitrogen and oxygen atoms in total. The Morgan fingerprint density at radius 2 is 2.45 bits per heavy atom. The Hall–Kier alpha value is -0.640. The fourth-order valence-corrected chi connectivity index (χ4v) is 1.35. The first-order chi connectivity index (χ1) is 5.27. The van der Waals surface area contributed by atoms with Crippen LogP contribution in [0.2, 0.25) is 0 Å². The van der Waals surface area contributed by atoms with Gasteiger partial charge in [0.15, 0.2) is 0 Å². The van der Waals surface area contributed by atoms with E-state index < -0.39 is 6.17 Å². The second kappa shape index (κ2) is 3.67. The molecule has 0 aromatic carbocycles. The third-order valence-corrected chi connectivity index (χ3v) is 2.09.